The minimum absolute atomic E-state index is 0.0243. The zero-order valence-corrected chi connectivity index (χ0v) is 13.6. The number of hydrogen-bond donors (Lipinski definition) is 1. The Balaban J connectivity index is 1.30. The van der Waals surface area contributed by atoms with Crippen LogP contribution in [0.4, 0.5) is 10.5 Å². The second-order valence-corrected chi connectivity index (χ2v) is 6.77. The summed E-state index contributed by atoms with van der Waals surface area (Å²) in [7, 11) is 0. The van der Waals surface area contributed by atoms with Crippen LogP contribution in [0.1, 0.15) is 5.56 Å². The lowest BCUT2D eigenvalue weighted by atomic mass is 10.0. The maximum Gasteiger partial charge on any atom is 0.321 e. The maximum atomic E-state index is 12.4. The number of likely N-dealkylation sites (tertiary alicyclic amines) is 2. The summed E-state index contributed by atoms with van der Waals surface area (Å²) in [5, 5.41) is 2.99. The van der Waals surface area contributed by atoms with Crippen LogP contribution in [0.5, 0.6) is 0 Å². The predicted octanol–water partition coefficient (Wildman–Crippen LogP) is 2.68. The molecular weight excluding hydrogens is 300 g/mol. The van der Waals surface area contributed by atoms with E-state index in [9.17, 15) is 4.79 Å². The van der Waals surface area contributed by atoms with E-state index in [1.165, 1.54) is 5.56 Å². The smallest absolute Gasteiger partial charge is 0.321 e. The zero-order chi connectivity index (χ0) is 16.4. The van der Waals surface area contributed by atoms with Crippen molar-refractivity contribution in [3.63, 3.8) is 0 Å². The van der Waals surface area contributed by atoms with E-state index >= 15 is 0 Å². The van der Waals surface area contributed by atoms with E-state index in [4.69, 9.17) is 0 Å². The summed E-state index contributed by atoms with van der Waals surface area (Å²) >= 11 is 0. The number of amides is 2. The maximum absolute atomic E-state index is 12.4. The van der Waals surface area contributed by atoms with E-state index in [2.05, 4.69) is 27.3 Å². The molecule has 3 heterocycles. The molecule has 2 atom stereocenters. The first-order valence-electron chi connectivity index (χ1n) is 8.50. The number of rotatable bonds is 3. The third-order valence-electron chi connectivity index (χ3n) is 5.03. The number of nitrogens with zero attached hydrogens (tertiary/aromatic N) is 3. The number of fused-ring (bicyclic) bond motifs is 1. The third-order valence-corrected chi connectivity index (χ3v) is 5.03. The molecule has 2 aromatic rings. The van der Waals surface area contributed by atoms with Crippen molar-refractivity contribution in [3.05, 3.63) is 60.4 Å². The number of para-hydroxylation sites is 1. The van der Waals surface area contributed by atoms with E-state index in [0.29, 0.717) is 11.8 Å². The van der Waals surface area contributed by atoms with Gasteiger partial charge in [-0.15, -0.1) is 0 Å². The van der Waals surface area contributed by atoms with Gasteiger partial charge in [-0.05, 0) is 41.7 Å². The van der Waals surface area contributed by atoms with Crippen molar-refractivity contribution in [1.29, 1.82) is 0 Å². The van der Waals surface area contributed by atoms with Gasteiger partial charge in [-0.1, -0.05) is 18.2 Å². The highest BCUT2D eigenvalue weighted by Gasteiger charge is 2.41. The van der Waals surface area contributed by atoms with Gasteiger partial charge in [0, 0.05) is 50.8 Å². The first-order valence-corrected chi connectivity index (χ1v) is 8.50. The number of pyridine rings is 1. The van der Waals surface area contributed by atoms with Crippen LogP contribution in [-0.4, -0.2) is 47.0 Å². The highest BCUT2D eigenvalue weighted by molar-refractivity contribution is 5.89. The Hall–Kier alpha value is -2.40. The number of carbonyl (C=O) groups excluding carboxylic acids is 1. The fraction of sp³-hybridized carbons (Fsp3) is 0.368. The molecule has 2 fully saturated rings. The quantitative estimate of drug-likeness (QED) is 0.945. The minimum atomic E-state index is 0.0243. The van der Waals surface area contributed by atoms with Crippen molar-refractivity contribution >= 4 is 11.7 Å². The van der Waals surface area contributed by atoms with Crippen LogP contribution in [0.15, 0.2) is 54.9 Å². The fourth-order valence-corrected chi connectivity index (χ4v) is 3.86. The highest BCUT2D eigenvalue weighted by Crippen LogP contribution is 2.32. The Morgan fingerprint density at radius 3 is 2.33 bits per heavy atom. The lowest BCUT2D eigenvalue weighted by Gasteiger charge is -2.22. The van der Waals surface area contributed by atoms with Gasteiger partial charge in [-0.3, -0.25) is 9.88 Å². The molecule has 124 valence electrons. The molecule has 2 aliphatic rings. The number of hydrogen-bond acceptors (Lipinski definition) is 3. The third kappa shape index (κ3) is 3.26. The highest BCUT2D eigenvalue weighted by atomic mass is 16.2. The largest absolute Gasteiger partial charge is 0.324 e. The van der Waals surface area contributed by atoms with Crippen LogP contribution in [0, 0.1) is 11.8 Å². The predicted molar refractivity (Wildman–Crippen MR) is 93.5 cm³/mol. The molecule has 5 heteroatoms. The van der Waals surface area contributed by atoms with Gasteiger partial charge in [0.05, 0.1) is 0 Å². The van der Waals surface area contributed by atoms with Crippen LogP contribution in [-0.2, 0) is 6.54 Å². The molecule has 1 N–H and O–H groups in total. The van der Waals surface area contributed by atoms with Crippen LogP contribution in [0.25, 0.3) is 0 Å². The Labute approximate surface area is 142 Å². The second-order valence-electron chi connectivity index (χ2n) is 6.77. The van der Waals surface area contributed by atoms with Crippen molar-refractivity contribution in [2.45, 2.75) is 6.54 Å². The van der Waals surface area contributed by atoms with E-state index < -0.39 is 0 Å². The first kappa shape index (κ1) is 15.1. The van der Waals surface area contributed by atoms with Crippen LogP contribution >= 0.6 is 0 Å². The molecule has 2 saturated heterocycles. The van der Waals surface area contributed by atoms with Gasteiger partial charge >= 0.3 is 6.03 Å². The number of anilines is 1. The molecule has 24 heavy (non-hydrogen) atoms. The van der Waals surface area contributed by atoms with Crippen LogP contribution in [0.2, 0.25) is 0 Å². The standard InChI is InChI=1S/C19H22N4O/c24-19(21-18-4-2-1-3-5-18)23-13-16-11-22(12-17(16)14-23)10-15-6-8-20-9-7-15/h1-9,16-17H,10-14H2,(H,21,24). The number of aromatic nitrogens is 1. The summed E-state index contributed by atoms with van der Waals surface area (Å²) < 4.78 is 0. The summed E-state index contributed by atoms with van der Waals surface area (Å²) in [5.41, 5.74) is 2.17. The second kappa shape index (κ2) is 6.61. The van der Waals surface area contributed by atoms with Gasteiger partial charge in [-0.25, -0.2) is 4.79 Å². The van der Waals surface area contributed by atoms with Crippen molar-refractivity contribution < 1.29 is 4.79 Å². The average molecular weight is 322 g/mol. The molecule has 0 saturated carbocycles. The SMILES string of the molecule is O=C(Nc1ccccc1)N1CC2CN(Cc3ccncc3)CC2C1. The summed E-state index contributed by atoms with van der Waals surface area (Å²) in [4.78, 5) is 20.9. The molecule has 2 unspecified atom stereocenters. The Morgan fingerprint density at radius 1 is 1.00 bits per heavy atom. The molecule has 0 radical (unpaired) electrons. The topological polar surface area (TPSA) is 48.5 Å². The van der Waals surface area contributed by atoms with Crippen molar-refractivity contribution in [1.82, 2.24) is 14.8 Å². The van der Waals surface area contributed by atoms with E-state index in [1.54, 1.807) is 0 Å². The van der Waals surface area contributed by atoms with Crippen molar-refractivity contribution in [3.8, 4) is 0 Å². The van der Waals surface area contributed by atoms with E-state index in [-0.39, 0.29) is 6.03 Å². The molecule has 0 bridgehead atoms. The van der Waals surface area contributed by atoms with Crippen LogP contribution in [0.3, 0.4) is 0 Å². The number of carbonyl (C=O) groups is 1. The molecule has 0 spiro atoms. The van der Waals surface area contributed by atoms with E-state index in [1.807, 2.05) is 47.6 Å². The van der Waals surface area contributed by atoms with Crippen molar-refractivity contribution in [2.75, 3.05) is 31.5 Å². The van der Waals surface area contributed by atoms with Crippen LogP contribution < -0.4 is 5.32 Å². The number of urea groups is 1. The molecular formula is C19H22N4O. The number of benzene rings is 1. The monoisotopic (exact) mass is 322 g/mol. The number of nitrogens with one attached hydrogen (secondary N) is 1. The van der Waals surface area contributed by atoms with Gasteiger partial charge in [-0.2, -0.15) is 0 Å². The van der Waals surface area contributed by atoms with Gasteiger partial charge < -0.3 is 10.2 Å². The molecule has 2 aliphatic heterocycles. The Kier molecular flexibility index (Phi) is 4.17. The summed E-state index contributed by atoms with van der Waals surface area (Å²) in [6, 6.07) is 13.8. The molecule has 0 aliphatic carbocycles. The lowest BCUT2D eigenvalue weighted by Crippen LogP contribution is -2.36. The molecule has 2 amide bonds. The van der Waals surface area contributed by atoms with Gasteiger partial charge in [0.25, 0.3) is 0 Å². The minimum Gasteiger partial charge on any atom is -0.324 e. The average Bonchev–Trinajstić information content (AvgIpc) is 3.15. The molecule has 4 rings (SSSR count). The Morgan fingerprint density at radius 2 is 1.67 bits per heavy atom. The summed E-state index contributed by atoms with van der Waals surface area (Å²) in [6.45, 7) is 4.84. The summed E-state index contributed by atoms with van der Waals surface area (Å²) in [5.74, 6) is 1.18. The zero-order valence-electron chi connectivity index (χ0n) is 13.6. The van der Waals surface area contributed by atoms with Gasteiger partial charge in [0.2, 0.25) is 0 Å². The Bertz CT molecular complexity index is 677. The van der Waals surface area contributed by atoms with E-state index in [0.717, 1.165) is 38.4 Å². The molecule has 1 aromatic heterocycles. The fourth-order valence-electron chi connectivity index (χ4n) is 3.86. The first-order chi connectivity index (χ1) is 11.8. The van der Waals surface area contributed by atoms with Crippen molar-refractivity contribution in [2.24, 2.45) is 11.8 Å². The van der Waals surface area contributed by atoms with Gasteiger partial charge in [0.15, 0.2) is 0 Å². The summed E-state index contributed by atoms with van der Waals surface area (Å²) in [6.07, 6.45) is 3.70. The molecule has 5 nitrogen and oxygen atoms in total. The molecule has 1 aromatic carbocycles. The lowest BCUT2D eigenvalue weighted by molar-refractivity contribution is 0.212. The van der Waals surface area contributed by atoms with Gasteiger partial charge in [0.1, 0.15) is 0 Å². The normalized spacial score (nSPS) is 23.2.